The quantitative estimate of drug-likeness (QED) is 0.751. The Labute approximate surface area is 137 Å². The molecular formula is C19H23NO3. The highest BCUT2D eigenvalue weighted by atomic mass is 16.5. The molecular weight excluding hydrogens is 290 g/mol. The third kappa shape index (κ3) is 5.11. The molecule has 0 amide bonds. The van der Waals surface area contributed by atoms with Crippen LogP contribution in [0.5, 0.6) is 11.5 Å². The lowest BCUT2D eigenvalue weighted by atomic mass is 10.1. The first-order chi connectivity index (χ1) is 11.1. The van der Waals surface area contributed by atoms with Gasteiger partial charge in [-0.2, -0.15) is 0 Å². The van der Waals surface area contributed by atoms with Gasteiger partial charge in [-0.15, -0.1) is 0 Å². The predicted octanol–water partition coefficient (Wildman–Crippen LogP) is 2.95. The molecule has 0 radical (unpaired) electrons. The molecule has 0 N–H and O–H groups in total. The van der Waals surface area contributed by atoms with Crippen LogP contribution in [0.1, 0.15) is 11.1 Å². The lowest BCUT2D eigenvalue weighted by Crippen LogP contribution is -2.26. The van der Waals surface area contributed by atoms with Gasteiger partial charge >= 0.3 is 0 Å². The topological polar surface area (TPSA) is 38.8 Å². The number of benzene rings is 2. The van der Waals surface area contributed by atoms with Crippen LogP contribution in [0.2, 0.25) is 0 Å². The molecule has 2 aromatic carbocycles. The average molecular weight is 313 g/mol. The van der Waals surface area contributed by atoms with Gasteiger partial charge in [-0.3, -0.25) is 9.69 Å². The Morgan fingerprint density at radius 1 is 0.957 bits per heavy atom. The van der Waals surface area contributed by atoms with Crippen molar-refractivity contribution in [3.8, 4) is 11.5 Å². The molecule has 0 aliphatic rings. The second-order valence-electron chi connectivity index (χ2n) is 5.56. The van der Waals surface area contributed by atoms with Crippen molar-refractivity contribution in [1.82, 2.24) is 4.90 Å². The first-order valence-corrected chi connectivity index (χ1v) is 7.57. The van der Waals surface area contributed by atoms with E-state index < -0.39 is 0 Å². The summed E-state index contributed by atoms with van der Waals surface area (Å²) in [6.07, 6.45) is 0.388. The Hall–Kier alpha value is -2.33. The summed E-state index contributed by atoms with van der Waals surface area (Å²) in [6, 6.07) is 15.7. The molecule has 0 aliphatic carbocycles. The molecule has 2 aromatic rings. The lowest BCUT2D eigenvalue weighted by Gasteiger charge is -2.16. The molecule has 4 nitrogen and oxygen atoms in total. The number of rotatable bonds is 8. The van der Waals surface area contributed by atoms with Crippen LogP contribution >= 0.6 is 0 Å². The largest absolute Gasteiger partial charge is 0.493 e. The number of likely N-dealkylation sites (N-methyl/N-ethyl adjacent to an activating group) is 1. The average Bonchev–Trinajstić information content (AvgIpc) is 2.55. The van der Waals surface area contributed by atoms with Gasteiger partial charge in [0.2, 0.25) is 0 Å². The minimum absolute atomic E-state index is 0.177. The molecule has 122 valence electrons. The summed E-state index contributed by atoms with van der Waals surface area (Å²) in [6.45, 7) is 1.18. The number of nitrogens with zero attached hydrogens (tertiary/aromatic N) is 1. The summed E-state index contributed by atoms with van der Waals surface area (Å²) < 4.78 is 10.5. The Morgan fingerprint density at radius 3 is 2.30 bits per heavy atom. The van der Waals surface area contributed by atoms with Crippen LogP contribution in [0, 0.1) is 0 Å². The monoisotopic (exact) mass is 313 g/mol. The highest BCUT2D eigenvalue weighted by molar-refractivity contribution is 5.83. The molecule has 0 aromatic heterocycles. The maximum absolute atomic E-state index is 12.3. The number of ketones is 1. The summed E-state index contributed by atoms with van der Waals surface area (Å²) in [5.74, 6) is 1.50. The molecule has 4 heteroatoms. The molecule has 0 saturated heterocycles. The fraction of sp³-hybridized carbons (Fsp3) is 0.316. The molecule has 0 spiro atoms. The summed E-state index contributed by atoms with van der Waals surface area (Å²) in [7, 11) is 5.15. The van der Waals surface area contributed by atoms with E-state index in [1.165, 1.54) is 5.56 Å². The maximum atomic E-state index is 12.3. The van der Waals surface area contributed by atoms with Gasteiger partial charge in [0.25, 0.3) is 0 Å². The number of carbonyl (C=O) groups excluding carboxylic acids is 1. The van der Waals surface area contributed by atoms with Crippen LogP contribution in [-0.2, 0) is 17.8 Å². The van der Waals surface area contributed by atoms with Gasteiger partial charge in [-0.25, -0.2) is 0 Å². The lowest BCUT2D eigenvalue weighted by molar-refractivity contribution is -0.119. The van der Waals surface area contributed by atoms with Crippen molar-refractivity contribution in [1.29, 1.82) is 0 Å². The van der Waals surface area contributed by atoms with Crippen LogP contribution in [0.15, 0.2) is 48.5 Å². The van der Waals surface area contributed by atoms with Crippen LogP contribution in [0.3, 0.4) is 0 Å². The second kappa shape index (κ2) is 8.34. The van der Waals surface area contributed by atoms with Gasteiger partial charge in [0.15, 0.2) is 17.3 Å². The standard InChI is InChI=1S/C19H23NO3/c1-20(13-15-7-5-4-6-8-15)14-17(21)11-16-9-10-18(22-2)19(12-16)23-3/h4-10,12H,11,13-14H2,1-3H3. The van der Waals surface area contributed by atoms with E-state index in [2.05, 4.69) is 12.1 Å². The van der Waals surface area contributed by atoms with Gasteiger partial charge < -0.3 is 9.47 Å². The van der Waals surface area contributed by atoms with E-state index in [-0.39, 0.29) is 5.78 Å². The fourth-order valence-electron chi connectivity index (χ4n) is 2.53. The van der Waals surface area contributed by atoms with Gasteiger partial charge in [0, 0.05) is 13.0 Å². The van der Waals surface area contributed by atoms with E-state index in [9.17, 15) is 4.79 Å². The highest BCUT2D eigenvalue weighted by Crippen LogP contribution is 2.27. The van der Waals surface area contributed by atoms with E-state index in [1.807, 2.05) is 48.3 Å². The summed E-state index contributed by atoms with van der Waals surface area (Å²) in [4.78, 5) is 14.3. The first-order valence-electron chi connectivity index (χ1n) is 7.57. The molecule has 23 heavy (non-hydrogen) atoms. The minimum atomic E-state index is 0.177. The van der Waals surface area contributed by atoms with E-state index in [1.54, 1.807) is 14.2 Å². The SMILES string of the molecule is COc1ccc(CC(=O)CN(C)Cc2ccccc2)cc1OC. The Balaban J connectivity index is 1.91. The van der Waals surface area contributed by atoms with Crippen LogP contribution in [0.25, 0.3) is 0 Å². The number of methoxy groups -OCH3 is 2. The van der Waals surface area contributed by atoms with Gasteiger partial charge in [0.1, 0.15) is 0 Å². The number of ether oxygens (including phenoxy) is 2. The molecule has 0 fully saturated rings. The Kier molecular flexibility index (Phi) is 6.18. The Bertz CT molecular complexity index is 640. The zero-order chi connectivity index (χ0) is 16.7. The van der Waals surface area contributed by atoms with E-state index in [0.717, 1.165) is 12.1 Å². The number of carbonyl (C=O) groups is 1. The summed E-state index contributed by atoms with van der Waals surface area (Å²) >= 11 is 0. The predicted molar refractivity (Wildman–Crippen MR) is 91.0 cm³/mol. The third-order valence-corrected chi connectivity index (χ3v) is 3.59. The third-order valence-electron chi connectivity index (χ3n) is 3.59. The van der Waals surface area contributed by atoms with Gasteiger partial charge in [-0.1, -0.05) is 36.4 Å². The van der Waals surface area contributed by atoms with Crippen molar-refractivity contribution < 1.29 is 14.3 Å². The molecule has 0 atom stereocenters. The minimum Gasteiger partial charge on any atom is -0.493 e. The first kappa shape index (κ1) is 17.0. The zero-order valence-electron chi connectivity index (χ0n) is 13.9. The normalized spacial score (nSPS) is 10.6. The van der Waals surface area contributed by atoms with Crippen molar-refractivity contribution in [2.75, 3.05) is 27.8 Å². The van der Waals surface area contributed by atoms with Crippen molar-refractivity contribution in [2.24, 2.45) is 0 Å². The van der Waals surface area contributed by atoms with Crippen LogP contribution in [-0.4, -0.2) is 38.5 Å². The maximum Gasteiger partial charge on any atom is 0.161 e. The zero-order valence-corrected chi connectivity index (χ0v) is 13.9. The van der Waals surface area contributed by atoms with Crippen molar-refractivity contribution in [3.63, 3.8) is 0 Å². The number of hydrogen-bond donors (Lipinski definition) is 0. The van der Waals surface area contributed by atoms with Crippen molar-refractivity contribution >= 4 is 5.78 Å². The van der Waals surface area contributed by atoms with Crippen LogP contribution < -0.4 is 9.47 Å². The van der Waals surface area contributed by atoms with Crippen LogP contribution in [0.4, 0.5) is 0 Å². The molecule has 0 heterocycles. The Morgan fingerprint density at radius 2 is 1.65 bits per heavy atom. The number of hydrogen-bond acceptors (Lipinski definition) is 4. The second-order valence-corrected chi connectivity index (χ2v) is 5.56. The molecule has 0 saturated carbocycles. The van der Waals surface area contributed by atoms with Gasteiger partial charge in [0.05, 0.1) is 20.8 Å². The number of Topliss-reactive ketones (excluding diaryl/α,β-unsaturated/α-hetero) is 1. The van der Waals surface area contributed by atoms with Crippen molar-refractivity contribution in [2.45, 2.75) is 13.0 Å². The molecule has 0 aliphatic heterocycles. The van der Waals surface area contributed by atoms with E-state index >= 15 is 0 Å². The van der Waals surface area contributed by atoms with Crippen molar-refractivity contribution in [3.05, 3.63) is 59.7 Å². The van der Waals surface area contributed by atoms with E-state index in [0.29, 0.717) is 24.5 Å². The van der Waals surface area contributed by atoms with E-state index in [4.69, 9.17) is 9.47 Å². The van der Waals surface area contributed by atoms with Gasteiger partial charge in [-0.05, 0) is 30.3 Å². The highest BCUT2D eigenvalue weighted by Gasteiger charge is 2.11. The molecule has 0 unspecified atom stereocenters. The molecule has 2 rings (SSSR count). The fourth-order valence-corrected chi connectivity index (χ4v) is 2.53. The summed E-state index contributed by atoms with van der Waals surface area (Å²) in [5, 5.41) is 0. The smallest absolute Gasteiger partial charge is 0.161 e. The molecule has 0 bridgehead atoms. The summed E-state index contributed by atoms with van der Waals surface area (Å²) in [5.41, 5.74) is 2.13.